The monoisotopic (exact) mass is 343 g/mol. The quantitative estimate of drug-likeness (QED) is 0.624. The molecule has 2 heterocycles. The minimum absolute atomic E-state index is 0.0490. The number of aryl methyl sites for hydroxylation is 1. The molecule has 0 aliphatic carbocycles. The number of amides is 1. The number of carbonyl (C=O) groups excluding carboxylic acids is 1. The van der Waals surface area contributed by atoms with Gasteiger partial charge in [0.05, 0.1) is 12.2 Å². The van der Waals surface area contributed by atoms with Gasteiger partial charge in [0.2, 0.25) is 15.9 Å². The minimum Gasteiger partial charge on any atom is -0.355 e. The standard InChI is InChI=1S/C14H25N5O3S/c1-11(18-23(21,22)13-9-17-19(2)10-13)14(20)16-7-5-12-4-3-6-15-8-12/h9-12,15,18H,3-8H2,1-2H3,(H,16,20). The van der Waals surface area contributed by atoms with Crippen molar-refractivity contribution >= 4 is 15.9 Å². The van der Waals surface area contributed by atoms with Gasteiger partial charge in [0, 0.05) is 19.8 Å². The third-order valence-corrected chi connectivity index (χ3v) is 5.46. The van der Waals surface area contributed by atoms with E-state index in [1.807, 2.05) is 0 Å². The molecule has 0 spiro atoms. The fraction of sp³-hybridized carbons (Fsp3) is 0.714. The first kappa shape index (κ1) is 17.9. The van der Waals surface area contributed by atoms with Crippen LogP contribution >= 0.6 is 0 Å². The van der Waals surface area contributed by atoms with Crippen molar-refractivity contribution < 1.29 is 13.2 Å². The molecule has 3 N–H and O–H groups in total. The summed E-state index contributed by atoms with van der Waals surface area (Å²) in [7, 11) is -2.10. The van der Waals surface area contributed by atoms with Crippen LogP contribution in [-0.2, 0) is 21.9 Å². The number of nitrogens with zero attached hydrogens (tertiary/aromatic N) is 2. The van der Waals surface area contributed by atoms with Crippen molar-refractivity contribution in [2.24, 2.45) is 13.0 Å². The smallest absolute Gasteiger partial charge is 0.244 e. The van der Waals surface area contributed by atoms with Crippen molar-refractivity contribution in [1.82, 2.24) is 25.1 Å². The van der Waals surface area contributed by atoms with Crippen LogP contribution in [0.4, 0.5) is 0 Å². The van der Waals surface area contributed by atoms with E-state index >= 15 is 0 Å². The van der Waals surface area contributed by atoms with Crippen LogP contribution in [0.5, 0.6) is 0 Å². The van der Waals surface area contributed by atoms with Crippen molar-refractivity contribution in [3.63, 3.8) is 0 Å². The Balaban J connectivity index is 1.78. The summed E-state index contributed by atoms with van der Waals surface area (Å²) in [5, 5.41) is 9.96. The first-order valence-electron chi connectivity index (χ1n) is 7.88. The molecule has 1 aromatic heterocycles. The van der Waals surface area contributed by atoms with Gasteiger partial charge in [-0.3, -0.25) is 9.48 Å². The third-order valence-electron chi connectivity index (χ3n) is 3.97. The zero-order valence-corrected chi connectivity index (χ0v) is 14.4. The van der Waals surface area contributed by atoms with Crippen LogP contribution in [0.3, 0.4) is 0 Å². The largest absolute Gasteiger partial charge is 0.355 e. The molecule has 0 radical (unpaired) electrons. The Morgan fingerprint density at radius 1 is 1.57 bits per heavy atom. The van der Waals surface area contributed by atoms with E-state index in [1.54, 1.807) is 7.05 Å². The third kappa shape index (κ3) is 5.29. The van der Waals surface area contributed by atoms with Gasteiger partial charge in [0.25, 0.3) is 0 Å². The number of aromatic nitrogens is 2. The molecule has 0 aromatic carbocycles. The molecule has 1 amide bonds. The van der Waals surface area contributed by atoms with E-state index in [-0.39, 0.29) is 10.8 Å². The van der Waals surface area contributed by atoms with Gasteiger partial charge < -0.3 is 10.6 Å². The molecule has 8 nitrogen and oxygen atoms in total. The van der Waals surface area contributed by atoms with E-state index in [9.17, 15) is 13.2 Å². The molecule has 23 heavy (non-hydrogen) atoms. The Hall–Kier alpha value is -1.45. The van der Waals surface area contributed by atoms with Crippen molar-refractivity contribution in [3.05, 3.63) is 12.4 Å². The maximum absolute atomic E-state index is 12.1. The van der Waals surface area contributed by atoms with Gasteiger partial charge in [0.1, 0.15) is 4.90 Å². The van der Waals surface area contributed by atoms with E-state index in [0.29, 0.717) is 12.5 Å². The van der Waals surface area contributed by atoms with Crippen LogP contribution in [0.15, 0.2) is 17.3 Å². The second-order valence-electron chi connectivity index (χ2n) is 5.98. The Morgan fingerprint density at radius 2 is 2.35 bits per heavy atom. The Labute approximate surface area is 137 Å². The van der Waals surface area contributed by atoms with Gasteiger partial charge >= 0.3 is 0 Å². The van der Waals surface area contributed by atoms with Crippen molar-refractivity contribution in [1.29, 1.82) is 0 Å². The second kappa shape index (κ2) is 7.89. The van der Waals surface area contributed by atoms with Gasteiger partial charge in [0.15, 0.2) is 0 Å². The summed E-state index contributed by atoms with van der Waals surface area (Å²) in [6, 6.07) is -0.829. The van der Waals surface area contributed by atoms with Crippen LogP contribution < -0.4 is 15.4 Å². The molecule has 1 fully saturated rings. The van der Waals surface area contributed by atoms with E-state index in [1.165, 1.54) is 36.8 Å². The van der Waals surface area contributed by atoms with Gasteiger partial charge in [-0.25, -0.2) is 8.42 Å². The molecule has 1 aromatic rings. The van der Waals surface area contributed by atoms with Gasteiger partial charge in [-0.15, -0.1) is 0 Å². The molecule has 0 bridgehead atoms. The highest BCUT2D eigenvalue weighted by Crippen LogP contribution is 2.13. The normalized spacial score (nSPS) is 20.2. The van der Waals surface area contributed by atoms with Crippen LogP contribution in [0, 0.1) is 5.92 Å². The average Bonchev–Trinajstić information content (AvgIpc) is 2.95. The lowest BCUT2D eigenvalue weighted by atomic mass is 9.96. The Morgan fingerprint density at radius 3 is 2.96 bits per heavy atom. The molecule has 130 valence electrons. The molecule has 1 aliphatic heterocycles. The van der Waals surface area contributed by atoms with Crippen LogP contribution in [-0.4, -0.2) is 49.8 Å². The lowest BCUT2D eigenvalue weighted by molar-refractivity contribution is -0.122. The van der Waals surface area contributed by atoms with Crippen LogP contribution in [0.2, 0.25) is 0 Å². The van der Waals surface area contributed by atoms with Crippen LogP contribution in [0.25, 0.3) is 0 Å². The first-order chi connectivity index (χ1) is 10.9. The minimum atomic E-state index is -3.73. The maximum atomic E-state index is 12.1. The molecule has 1 saturated heterocycles. The number of rotatable bonds is 7. The summed E-state index contributed by atoms with van der Waals surface area (Å²) < 4.78 is 28.0. The average molecular weight is 343 g/mol. The summed E-state index contributed by atoms with van der Waals surface area (Å²) in [5.41, 5.74) is 0. The van der Waals surface area contributed by atoms with E-state index in [4.69, 9.17) is 0 Å². The van der Waals surface area contributed by atoms with E-state index < -0.39 is 16.1 Å². The molecular formula is C14H25N5O3S. The summed E-state index contributed by atoms with van der Waals surface area (Å²) in [5.74, 6) is 0.257. The zero-order chi connectivity index (χ0) is 16.9. The molecule has 1 aliphatic rings. The van der Waals surface area contributed by atoms with Crippen LogP contribution in [0.1, 0.15) is 26.2 Å². The predicted octanol–water partition coefficient (Wildman–Crippen LogP) is -0.407. The first-order valence-corrected chi connectivity index (χ1v) is 9.36. The molecule has 2 rings (SSSR count). The highest BCUT2D eigenvalue weighted by molar-refractivity contribution is 7.89. The lowest BCUT2D eigenvalue weighted by Gasteiger charge is -2.23. The highest BCUT2D eigenvalue weighted by Gasteiger charge is 2.23. The van der Waals surface area contributed by atoms with E-state index in [2.05, 4.69) is 20.5 Å². The highest BCUT2D eigenvalue weighted by atomic mass is 32.2. The summed E-state index contributed by atoms with van der Waals surface area (Å²) in [6.07, 6.45) is 5.89. The predicted molar refractivity (Wildman–Crippen MR) is 86.2 cm³/mol. The lowest BCUT2D eigenvalue weighted by Crippen LogP contribution is -2.45. The second-order valence-corrected chi connectivity index (χ2v) is 7.70. The van der Waals surface area contributed by atoms with Gasteiger partial charge in [-0.2, -0.15) is 9.82 Å². The SMILES string of the molecule is CC(NS(=O)(=O)c1cnn(C)c1)C(=O)NCCC1CCCNC1. The van der Waals surface area contributed by atoms with Crippen molar-refractivity contribution in [2.75, 3.05) is 19.6 Å². The van der Waals surface area contributed by atoms with Gasteiger partial charge in [-0.1, -0.05) is 0 Å². The maximum Gasteiger partial charge on any atom is 0.244 e. The van der Waals surface area contributed by atoms with E-state index in [0.717, 1.165) is 19.5 Å². The fourth-order valence-electron chi connectivity index (χ4n) is 2.61. The number of carbonyl (C=O) groups is 1. The topological polar surface area (TPSA) is 105 Å². The molecule has 2 atom stereocenters. The molecule has 2 unspecified atom stereocenters. The summed E-state index contributed by atoms with van der Waals surface area (Å²) in [4.78, 5) is 12.1. The number of piperidine rings is 1. The number of hydrogen-bond acceptors (Lipinski definition) is 5. The Kier molecular flexibility index (Phi) is 6.14. The number of sulfonamides is 1. The Bertz CT molecular complexity index is 622. The molecular weight excluding hydrogens is 318 g/mol. The number of hydrogen-bond donors (Lipinski definition) is 3. The summed E-state index contributed by atoms with van der Waals surface area (Å²) >= 11 is 0. The number of nitrogens with one attached hydrogen (secondary N) is 3. The van der Waals surface area contributed by atoms with Gasteiger partial charge in [-0.05, 0) is 45.2 Å². The fourth-order valence-corrected chi connectivity index (χ4v) is 3.80. The molecule has 9 heteroatoms. The molecule has 0 saturated carbocycles. The summed E-state index contributed by atoms with van der Waals surface area (Å²) in [6.45, 7) is 4.14. The zero-order valence-electron chi connectivity index (χ0n) is 13.6. The van der Waals surface area contributed by atoms with Crippen molar-refractivity contribution in [2.45, 2.75) is 37.1 Å². The van der Waals surface area contributed by atoms with Crippen molar-refractivity contribution in [3.8, 4) is 0 Å².